The van der Waals surface area contributed by atoms with Crippen molar-refractivity contribution in [3.63, 3.8) is 0 Å². The molecule has 0 amide bonds. The monoisotopic (exact) mass is 256 g/mol. The van der Waals surface area contributed by atoms with E-state index in [1.807, 2.05) is 29.9 Å². The van der Waals surface area contributed by atoms with Crippen molar-refractivity contribution in [2.24, 2.45) is 7.05 Å². The lowest BCUT2D eigenvalue weighted by molar-refractivity contribution is 0.0991. The summed E-state index contributed by atoms with van der Waals surface area (Å²) in [5.74, 6) is 0.148. The zero-order chi connectivity index (χ0) is 13.8. The van der Waals surface area contributed by atoms with Crippen molar-refractivity contribution >= 4 is 11.5 Å². The van der Waals surface area contributed by atoms with Gasteiger partial charge in [-0.05, 0) is 38.1 Å². The summed E-state index contributed by atoms with van der Waals surface area (Å²) in [7, 11) is 1.90. The fourth-order valence-corrected chi connectivity index (χ4v) is 2.15. The summed E-state index contributed by atoms with van der Waals surface area (Å²) < 4.78 is 1.87. The van der Waals surface area contributed by atoms with Crippen molar-refractivity contribution in [1.82, 2.24) is 4.57 Å². The Morgan fingerprint density at radius 3 is 2.42 bits per heavy atom. The summed E-state index contributed by atoms with van der Waals surface area (Å²) in [4.78, 5) is 14.4. The first kappa shape index (κ1) is 13.4. The number of carbonyl (C=O) groups excluding carboxylic acids is 1. The van der Waals surface area contributed by atoms with Gasteiger partial charge in [0.15, 0.2) is 5.78 Å². The van der Waals surface area contributed by atoms with Gasteiger partial charge in [-0.15, -0.1) is 0 Å². The van der Waals surface area contributed by atoms with Gasteiger partial charge in [-0.25, -0.2) is 0 Å². The van der Waals surface area contributed by atoms with Crippen LogP contribution in [-0.2, 0) is 7.05 Å². The van der Waals surface area contributed by atoms with Crippen molar-refractivity contribution in [2.75, 3.05) is 18.0 Å². The van der Waals surface area contributed by atoms with Crippen LogP contribution in [0.2, 0.25) is 0 Å². The van der Waals surface area contributed by atoms with Crippen LogP contribution in [0.15, 0.2) is 42.6 Å². The minimum absolute atomic E-state index is 0.148. The molecular weight excluding hydrogens is 236 g/mol. The second-order valence-corrected chi connectivity index (χ2v) is 4.78. The van der Waals surface area contributed by atoms with Gasteiger partial charge in [0.1, 0.15) is 0 Å². The van der Waals surface area contributed by atoms with E-state index in [-0.39, 0.29) is 5.78 Å². The van der Waals surface area contributed by atoms with E-state index in [0.29, 0.717) is 6.54 Å². The van der Waals surface area contributed by atoms with E-state index < -0.39 is 0 Å². The Morgan fingerprint density at radius 1 is 1.21 bits per heavy atom. The molecule has 0 saturated heterocycles. The minimum Gasteiger partial charge on any atom is -0.364 e. The van der Waals surface area contributed by atoms with E-state index >= 15 is 0 Å². The number of rotatable bonds is 5. The molecule has 19 heavy (non-hydrogen) atoms. The third kappa shape index (κ3) is 3.05. The number of anilines is 1. The van der Waals surface area contributed by atoms with Gasteiger partial charge in [-0.1, -0.05) is 17.7 Å². The van der Waals surface area contributed by atoms with Crippen molar-refractivity contribution in [2.45, 2.75) is 13.8 Å². The van der Waals surface area contributed by atoms with Crippen molar-refractivity contribution in [3.05, 3.63) is 53.9 Å². The lowest BCUT2D eigenvalue weighted by atomic mass is 10.2. The number of likely N-dealkylation sites (N-methyl/N-ethyl adjacent to an activating group) is 1. The molecule has 1 heterocycles. The molecule has 0 N–H and O–H groups in total. The average molecular weight is 256 g/mol. The molecule has 100 valence electrons. The second kappa shape index (κ2) is 5.74. The van der Waals surface area contributed by atoms with Gasteiger partial charge in [0, 0.05) is 25.5 Å². The van der Waals surface area contributed by atoms with E-state index in [9.17, 15) is 4.79 Å². The topological polar surface area (TPSA) is 25.2 Å². The highest BCUT2D eigenvalue weighted by Crippen LogP contribution is 2.15. The number of ketones is 1. The molecular formula is C16H20N2O. The summed E-state index contributed by atoms with van der Waals surface area (Å²) in [6, 6.07) is 12.0. The molecule has 0 unspecified atom stereocenters. The first-order chi connectivity index (χ1) is 9.11. The first-order valence-corrected chi connectivity index (χ1v) is 6.58. The Morgan fingerprint density at radius 2 is 1.89 bits per heavy atom. The maximum Gasteiger partial charge on any atom is 0.198 e. The summed E-state index contributed by atoms with van der Waals surface area (Å²) in [6.45, 7) is 5.37. The Kier molecular flexibility index (Phi) is 4.05. The smallest absolute Gasteiger partial charge is 0.198 e. The summed E-state index contributed by atoms with van der Waals surface area (Å²) >= 11 is 0. The number of hydrogen-bond acceptors (Lipinski definition) is 2. The normalized spacial score (nSPS) is 10.5. The number of Topliss-reactive ketones (excluding diaryl/α,β-unsaturated/α-hetero) is 1. The number of nitrogens with zero attached hydrogens (tertiary/aromatic N) is 2. The van der Waals surface area contributed by atoms with Crippen LogP contribution in [0, 0.1) is 6.92 Å². The van der Waals surface area contributed by atoms with Gasteiger partial charge < -0.3 is 9.47 Å². The number of hydrogen-bond donors (Lipinski definition) is 0. The van der Waals surface area contributed by atoms with E-state index in [0.717, 1.165) is 17.9 Å². The zero-order valence-corrected chi connectivity index (χ0v) is 11.8. The number of aryl methyl sites for hydroxylation is 2. The van der Waals surface area contributed by atoms with Crippen LogP contribution in [0.4, 0.5) is 5.69 Å². The van der Waals surface area contributed by atoms with Gasteiger partial charge in [0.2, 0.25) is 0 Å². The van der Waals surface area contributed by atoms with Crippen LogP contribution in [0.5, 0.6) is 0 Å². The van der Waals surface area contributed by atoms with Crippen molar-refractivity contribution in [1.29, 1.82) is 0 Å². The third-order valence-corrected chi connectivity index (χ3v) is 3.34. The molecule has 0 aliphatic carbocycles. The zero-order valence-electron chi connectivity index (χ0n) is 11.8. The van der Waals surface area contributed by atoms with Crippen molar-refractivity contribution < 1.29 is 4.79 Å². The summed E-state index contributed by atoms with van der Waals surface area (Å²) in [5, 5.41) is 0. The highest BCUT2D eigenvalue weighted by molar-refractivity contribution is 5.98. The molecule has 1 aromatic carbocycles. The molecule has 3 nitrogen and oxygen atoms in total. The SMILES string of the molecule is CCN(CC(=O)c1cccn1C)c1ccc(C)cc1. The van der Waals surface area contributed by atoms with Gasteiger partial charge in [0.25, 0.3) is 0 Å². The van der Waals surface area contributed by atoms with Gasteiger partial charge in [0.05, 0.1) is 12.2 Å². The van der Waals surface area contributed by atoms with E-state index in [4.69, 9.17) is 0 Å². The predicted octanol–water partition coefficient (Wildman–Crippen LogP) is 3.04. The van der Waals surface area contributed by atoms with E-state index in [1.165, 1.54) is 5.56 Å². The number of benzene rings is 1. The van der Waals surface area contributed by atoms with Crippen LogP contribution in [0.25, 0.3) is 0 Å². The van der Waals surface area contributed by atoms with E-state index in [2.05, 4.69) is 43.0 Å². The summed E-state index contributed by atoms with van der Waals surface area (Å²) in [5.41, 5.74) is 3.08. The lowest BCUT2D eigenvalue weighted by Crippen LogP contribution is -2.30. The fraction of sp³-hybridized carbons (Fsp3) is 0.312. The molecule has 0 fully saturated rings. The minimum atomic E-state index is 0.148. The molecule has 3 heteroatoms. The molecule has 2 rings (SSSR count). The Hall–Kier alpha value is -2.03. The Bertz CT molecular complexity index is 554. The maximum atomic E-state index is 12.3. The molecule has 0 atom stereocenters. The van der Waals surface area contributed by atoms with Crippen LogP contribution in [0.3, 0.4) is 0 Å². The van der Waals surface area contributed by atoms with Crippen LogP contribution < -0.4 is 4.90 Å². The Labute approximate surface area is 114 Å². The number of aromatic nitrogens is 1. The Balaban J connectivity index is 2.13. The van der Waals surface area contributed by atoms with Crippen molar-refractivity contribution in [3.8, 4) is 0 Å². The lowest BCUT2D eigenvalue weighted by Gasteiger charge is -2.22. The number of carbonyl (C=O) groups is 1. The highest BCUT2D eigenvalue weighted by Gasteiger charge is 2.13. The quantitative estimate of drug-likeness (QED) is 0.768. The largest absolute Gasteiger partial charge is 0.364 e. The molecule has 0 spiro atoms. The second-order valence-electron chi connectivity index (χ2n) is 4.78. The van der Waals surface area contributed by atoms with Gasteiger partial charge >= 0.3 is 0 Å². The molecule has 0 saturated carbocycles. The first-order valence-electron chi connectivity index (χ1n) is 6.58. The van der Waals surface area contributed by atoms with Gasteiger partial charge in [-0.2, -0.15) is 0 Å². The summed E-state index contributed by atoms with van der Waals surface area (Å²) in [6.07, 6.45) is 1.90. The van der Waals surface area contributed by atoms with E-state index in [1.54, 1.807) is 0 Å². The molecule has 0 radical (unpaired) electrons. The average Bonchev–Trinajstić information content (AvgIpc) is 2.83. The molecule has 2 aromatic rings. The molecule has 1 aromatic heterocycles. The molecule has 0 aliphatic heterocycles. The molecule has 0 aliphatic rings. The van der Waals surface area contributed by atoms with Crippen LogP contribution in [0.1, 0.15) is 23.0 Å². The standard InChI is InChI=1S/C16H20N2O/c1-4-18(14-9-7-13(2)8-10-14)12-16(19)15-6-5-11-17(15)3/h5-11H,4,12H2,1-3H3. The maximum absolute atomic E-state index is 12.3. The fourth-order valence-electron chi connectivity index (χ4n) is 2.15. The van der Waals surface area contributed by atoms with Crippen LogP contribution >= 0.6 is 0 Å². The third-order valence-electron chi connectivity index (χ3n) is 3.34. The van der Waals surface area contributed by atoms with Gasteiger partial charge in [-0.3, -0.25) is 4.79 Å². The highest BCUT2D eigenvalue weighted by atomic mass is 16.1. The predicted molar refractivity (Wildman–Crippen MR) is 78.8 cm³/mol. The molecule has 0 bridgehead atoms. The van der Waals surface area contributed by atoms with Crippen LogP contribution in [-0.4, -0.2) is 23.4 Å².